The number of nitrogens with zero attached hydrogens (tertiary/aromatic N) is 1. The Bertz CT molecular complexity index is 663. The Hall–Kier alpha value is -1.76. The van der Waals surface area contributed by atoms with Gasteiger partial charge in [0.25, 0.3) is 0 Å². The summed E-state index contributed by atoms with van der Waals surface area (Å²) in [6, 6.07) is 13.9. The summed E-state index contributed by atoms with van der Waals surface area (Å²) in [7, 11) is 2.17. The maximum Gasteiger partial charge on any atom is 0.0440 e. The van der Waals surface area contributed by atoms with Crippen LogP contribution in [0.2, 0.25) is 0 Å². The number of benzene rings is 2. The minimum atomic E-state index is 0.784. The van der Waals surface area contributed by atoms with Gasteiger partial charge in [-0.2, -0.15) is 0 Å². The quantitative estimate of drug-likeness (QED) is 0.631. The lowest BCUT2D eigenvalue weighted by Gasteiger charge is -2.25. The van der Waals surface area contributed by atoms with E-state index >= 15 is 0 Å². The van der Waals surface area contributed by atoms with Gasteiger partial charge in [-0.3, -0.25) is 0 Å². The van der Waals surface area contributed by atoms with Crippen molar-refractivity contribution >= 4 is 11.4 Å². The van der Waals surface area contributed by atoms with Crippen molar-refractivity contribution in [2.24, 2.45) is 0 Å². The lowest BCUT2D eigenvalue weighted by atomic mass is 9.84. The maximum atomic E-state index is 2.35. The molecule has 2 aromatic rings. The third-order valence-electron chi connectivity index (χ3n) is 5.53. The van der Waals surface area contributed by atoms with Crippen LogP contribution >= 0.6 is 0 Å². The highest BCUT2D eigenvalue weighted by atomic mass is 15.1. The Kier molecular flexibility index (Phi) is 4.75. The van der Waals surface area contributed by atoms with E-state index in [4.69, 9.17) is 0 Å². The molecule has 0 aliphatic heterocycles. The van der Waals surface area contributed by atoms with Crippen LogP contribution in [0.5, 0.6) is 0 Å². The third-order valence-corrected chi connectivity index (χ3v) is 5.53. The zero-order chi connectivity index (χ0) is 16.4. The molecule has 0 amide bonds. The molecule has 1 nitrogen and oxygen atoms in total. The van der Waals surface area contributed by atoms with Crippen LogP contribution in [0.15, 0.2) is 36.4 Å². The van der Waals surface area contributed by atoms with Crippen molar-refractivity contribution in [3.8, 4) is 0 Å². The van der Waals surface area contributed by atoms with E-state index in [9.17, 15) is 0 Å². The Morgan fingerprint density at radius 3 is 2.04 bits per heavy atom. The molecule has 0 spiro atoms. The monoisotopic (exact) mass is 307 g/mol. The van der Waals surface area contributed by atoms with E-state index in [1.165, 1.54) is 65.7 Å². The van der Waals surface area contributed by atoms with Gasteiger partial charge in [-0.25, -0.2) is 0 Å². The molecular weight excluding hydrogens is 278 g/mol. The second-order valence-electron chi connectivity index (χ2n) is 7.21. The summed E-state index contributed by atoms with van der Waals surface area (Å²) in [5.74, 6) is 0.784. The maximum absolute atomic E-state index is 2.35. The fourth-order valence-electron chi connectivity index (χ4n) is 3.85. The summed E-state index contributed by atoms with van der Waals surface area (Å²) in [5.41, 5.74) is 8.17. The van der Waals surface area contributed by atoms with Crippen molar-refractivity contribution < 1.29 is 0 Å². The van der Waals surface area contributed by atoms with Crippen molar-refractivity contribution in [3.05, 3.63) is 58.7 Å². The molecule has 1 fully saturated rings. The first-order chi connectivity index (χ1) is 11.1. The topological polar surface area (TPSA) is 3.24 Å². The van der Waals surface area contributed by atoms with Crippen LogP contribution in [-0.4, -0.2) is 7.05 Å². The van der Waals surface area contributed by atoms with Gasteiger partial charge in [0, 0.05) is 18.4 Å². The summed E-state index contributed by atoms with van der Waals surface area (Å²) < 4.78 is 0. The third kappa shape index (κ3) is 3.44. The molecule has 0 unspecified atom stereocenters. The molecule has 0 heterocycles. The van der Waals surface area contributed by atoms with Crippen molar-refractivity contribution in [2.45, 2.75) is 58.8 Å². The molecule has 1 aliphatic rings. The molecular formula is C22H29N. The summed E-state index contributed by atoms with van der Waals surface area (Å²) in [5, 5.41) is 0. The molecule has 1 saturated carbocycles. The van der Waals surface area contributed by atoms with Crippen molar-refractivity contribution in [2.75, 3.05) is 11.9 Å². The number of aryl methyl sites for hydroxylation is 3. The zero-order valence-electron chi connectivity index (χ0n) is 15.0. The Morgan fingerprint density at radius 2 is 1.39 bits per heavy atom. The number of hydrogen-bond acceptors (Lipinski definition) is 1. The van der Waals surface area contributed by atoms with Gasteiger partial charge in [-0.1, -0.05) is 37.5 Å². The van der Waals surface area contributed by atoms with Crippen molar-refractivity contribution in [3.63, 3.8) is 0 Å². The summed E-state index contributed by atoms with van der Waals surface area (Å²) in [6.07, 6.45) is 6.95. The van der Waals surface area contributed by atoms with Gasteiger partial charge < -0.3 is 4.90 Å². The molecule has 0 radical (unpaired) electrons. The molecule has 23 heavy (non-hydrogen) atoms. The molecule has 122 valence electrons. The van der Waals surface area contributed by atoms with E-state index in [-0.39, 0.29) is 0 Å². The smallest absolute Gasteiger partial charge is 0.0440 e. The highest BCUT2D eigenvalue weighted by Gasteiger charge is 2.16. The van der Waals surface area contributed by atoms with Crippen LogP contribution in [0.1, 0.15) is 60.3 Å². The van der Waals surface area contributed by atoms with E-state index in [2.05, 4.69) is 69.1 Å². The van der Waals surface area contributed by atoms with Gasteiger partial charge in [0.2, 0.25) is 0 Å². The van der Waals surface area contributed by atoms with E-state index in [0.29, 0.717) is 0 Å². The van der Waals surface area contributed by atoms with Crippen LogP contribution in [0.25, 0.3) is 0 Å². The molecule has 2 aromatic carbocycles. The Balaban J connectivity index is 1.82. The predicted molar refractivity (Wildman–Crippen MR) is 101 cm³/mol. The Morgan fingerprint density at radius 1 is 0.783 bits per heavy atom. The fraction of sp³-hybridized carbons (Fsp3) is 0.455. The van der Waals surface area contributed by atoms with Crippen LogP contribution in [0.4, 0.5) is 11.4 Å². The largest absolute Gasteiger partial charge is 0.344 e. The summed E-state index contributed by atoms with van der Waals surface area (Å²) >= 11 is 0. The van der Waals surface area contributed by atoms with Crippen LogP contribution < -0.4 is 4.90 Å². The fourth-order valence-corrected chi connectivity index (χ4v) is 3.85. The van der Waals surface area contributed by atoms with Gasteiger partial charge in [-0.05, 0) is 80.0 Å². The minimum Gasteiger partial charge on any atom is -0.344 e. The SMILES string of the molecule is Cc1cc(C)c(N(C)c2ccc(C3CCCCC3)cc2)cc1C. The zero-order valence-corrected chi connectivity index (χ0v) is 15.0. The van der Waals surface area contributed by atoms with Gasteiger partial charge >= 0.3 is 0 Å². The first kappa shape index (κ1) is 16.1. The van der Waals surface area contributed by atoms with E-state index in [1.54, 1.807) is 0 Å². The highest BCUT2D eigenvalue weighted by molar-refractivity contribution is 5.67. The number of hydrogen-bond donors (Lipinski definition) is 0. The molecule has 1 heteroatoms. The molecule has 0 N–H and O–H groups in total. The van der Waals surface area contributed by atoms with Gasteiger partial charge in [0.1, 0.15) is 0 Å². The van der Waals surface area contributed by atoms with Gasteiger partial charge in [-0.15, -0.1) is 0 Å². The van der Waals surface area contributed by atoms with Crippen molar-refractivity contribution in [1.82, 2.24) is 0 Å². The Labute approximate surface area is 141 Å². The molecule has 3 rings (SSSR count). The van der Waals surface area contributed by atoms with Crippen LogP contribution in [0, 0.1) is 20.8 Å². The van der Waals surface area contributed by atoms with Crippen LogP contribution in [-0.2, 0) is 0 Å². The highest BCUT2D eigenvalue weighted by Crippen LogP contribution is 2.34. The molecule has 0 bridgehead atoms. The average Bonchev–Trinajstić information content (AvgIpc) is 2.58. The number of rotatable bonds is 3. The van der Waals surface area contributed by atoms with Crippen molar-refractivity contribution in [1.29, 1.82) is 0 Å². The van der Waals surface area contributed by atoms with E-state index in [0.717, 1.165) is 5.92 Å². The first-order valence-electron chi connectivity index (χ1n) is 8.98. The van der Waals surface area contributed by atoms with Gasteiger partial charge in [0.15, 0.2) is 0 Å². The molecule has 0 aromatic heterocycles. The lowest BCUT2D eigenvalue weighted by Crippen LogP contribution is -2.12. The predicted octanol–water partition coefficient (Wildman–Crippen LogP) is 6.43. The van der Waals surface area contributed by atoms with Gasteiger partial charge in [0.05, 0.1) is 0 Å². The summed E-state index contributed by atoms with van der Waals surface area (Å²) in [6.45, 7) is 6.58. The second-order valence-corrected chi connectivity index (χ2v) is 7.21. The normalized spacial score (nSPS) is 15.7. The minimum absolute atomic E-state index is 0.784. The second kappa shape index (κ2) is 6.78. The lowest BCUT2D eigenvalue weighted by molar-refractivity contribution is 0.443. The standard InChI is InChI=1S/C22H29N/c1-16-14-18(3)22(15-17(16)2)23(4)21-12-10-20(11-13-21)19-8-6-5-7-9-19/h10-15,19H,5-9H2,1-4H3. The van der Waals surface area contributed by atoms with E-state index < -0.39 is 0 Å². The number of anilines is 2. The first-order valence-corrected chi connectivity index (χ1v) is 8.98. The molecule has 0 atom stereocenters. The van der Waals surface area contributed by atoms with E-state index in [1.807, 2.05) is 0 Å². The summed E-state index contributed by atoms with van der Waals surface area (Å²) in [4.78, 5) is 2.31. The average molecular weight is 307 g/mol. The molecule has 1 aliphatic carbocycles. The van der Waals surface area contributed by atoms with Crippen LogP contribution in [0.3, 0.4) is 0 Å². The molecule has 0 saturated heterocycles.